The predicted molar refractivity (Wildman–Crippen MR) is 85.0 cm³/mol. The summed E-state index contributed by atoms with van der Waals surface area (Å²) >= 11 is 0. The average Bonchev–Trinajstić information content (AvgIpc) is 2.58. The monoisotopic (exact) mass is 364 g/mol. The van der Waals surface area contributed by atoms with E-state index in [0.29, 0.717) is 0 Å². The topological polar surface area (TPSA) is 80.3 Å². The van der Waals surface area contributed by atoms with Crippen molar-refractivity contribution in [2.45, 2.75) is 19.8 Å². The molecule has 0 spiro atoms. The van der Waals surface area contributed by atoms with Crippen LogP contribution in [-0.4, -0.2) is 40.2 Å². The SMILES string of the molecule is CCOP(=O)(OCC)C(F)c1ccc(C(=O)OC)cc1OCOC. The van der Waals surface area contributed by atoms with Crippen molar-refractivity contribution in [1.82, 2.24) is 0 Å². The molecule has 0 aliphatic rings. The summed E-state index contributed by atoms with van der Waals surface area (Å²) in [4.78, 5) is 11.6. The van der Waals surface area contributed by atoms with Crippen molar-refractivity contribution in [3.8, 4) is 5.75 Å². The third-order valence-corrected chi connectivity index (χ3v) is 4.99. The van der Waals surface area contributed by atoms with Gasteiger partial charge in [-0.1, -0.05) is 6.07 Å². The molecular formula is C15H22FO7P. The zero-order chi connectivity index (χ0) is 18.2. The van der Waals surface area contributed by atoms with Crippen molar-refractivity contribution < 1.29 is 37.0 Å². The third-order valence-electron chi connectivity index (χ3n) is 2.92. The van der Waals surface area contributed by atoms with Crippen LogP contribution in [0.5, 0.6) is 5.75 Å². The Labute approximate surface area is 140 Å². The average molecular weight is 364 g/mol. The molecule has 0 heterocycles. The van der Waals surface area contributed by atoms with Crippen LogP contribution in [0.2, 0.25) is 0 Å². The van der Waals surface area contributed by atoms with E-state index in [4.69, 9.17) is 18.5 Å². The maximum absolute atomic E-state index is 14.9. The van der Waals surface area contributed by atoms with Crippen molar-refractivity contribution in [3.05, 3.63) is 29.3 Å². The molecule has 1 atom stereocenters. The maximum atomic E-state index is 14.9. The summed E-state index contributed by atoms with van der Waals surface area (Å²) < 4.78 is 52.3. The van der Waals surface area contributed by atoms with Gasteiger partial charge in [0, 0.05) is 12.7 Å². The Bertz CT molecular complexity index is 583. The summed E-state index contributed by atoms with van der Waals surface area (Å²) in [5, 5.41) is 0. The molecule has 7 nitrogen and oxygen atoms in total. The van der Waals surface area contributed by atoms with Crippen LogP contribution in [0.1, 0.15) is 35.7 Å². The Morgan fingerprint density at radius 2 is 1.83 bits per heavy atom. The number of methoxy groups -OCH3 is 2. The van der Waals surface area contributed by atoms with E-state index < -0.39 is 19.5 Å². The van der Waals surface area contributed by atoms with Gasteiger partial charge in [0.2, 0.25) is 5.91 Å². The summed E-state index contributed by atoms with van der Waals surface area (Å²) in [7, 11) is -1.43. The highest BCUT2D eigenvalue weighted by atomic mass is 31.2. The van der Waals surface area contributed by atoms with E-state index in [1.165, 1.54) is 32.4 Å². The highest BCUT2D eigenvalue weighted by Gasteiger charge is 2.39. The van der Waals surface area contributed by atoms with Gasteiger partial charge in [0.25, 0.3) is 0 Å². The van der Waals surface area contributed by atoms with Crippen LogP contribution in [0.3, 0.4) is 0 Å². The molecule has 0 N–H and O–H groups in total. The van der Waals surface area contributed by atoms with Gasteiger partial charge in [-0.3, -0.25) is 4.57 Å². The molecule has 24 heavy (non-hydrogen) atoms. The molecule has 1 aromatic rings. The fourth-order valence-electron chi connectivity index (χ4n) is 1.92. The Balaban J connectivity index is 3.28. The molecule has 9 heteroatoms. The van der Waals surface area contributed by atoms with Crippen LogP contribution in [0, 0.1) is 0 Å². The lowest BCUT2D eigenvalue weighted by molar-refractivity contribution is 0.0489. The highest BCUT2D eigenvalue weighted by molar-refractivity contribution is 7.54. The Hall–Kier alpha value is -1.47. The molecule has 0 aliphatic carbocycles. The molecular weight excluding hydrogens is 342 g/mol. The molecule has 0 aliphatic heterocycles. The van der Waals surface area contributed by atoms with Crippen molar-refractivity contribution in [3.63, 3.8) is 0 Å². The fourth-order valence-corrected chi connectivity index (χ4v) is 3.53. The standard InChI is InChI=1S/C15H22FO7P/c1-5-22-24(18,23-6-2)14(16)12-8-7-11(15(17)20-4)9-13(12)21-10-19-3/h7-9,14H,5-6,10H2,1-4H3. The maximum Gasteiger partial charge on any atom is 0.369 e. The van der Waals surface area contributed by atoms with Crippen molar-refractivity contribution >= 4 is 13.6 Å². The van der Waals surface area contributed by atoms with Crippen LogP contribution in [0.25, 0.3) is 0 Å². The first kappa shape index (κ1) is 20.6. The van der Waals surface area contributed by atoms with Gasteiger partial charge in [-0.2, -0.15) is 0 Å². The zero-order valence-electron chi connectivity index (χ0n) is 14.1. The number of esters is 1. The van der Waals surface area contributed by atoms with E-state index in [-0.39, 0.29) is 36.9 Å². The lowest BCUT2D eigenvalue weighted by Crippen LogP contribution is -2.09. The van der Waals surface area contributed by atoms with E-state index in [1.54, 1.807) is 13.8 Å². The van der Waals surface area contributed by atoms with Crippen LogP contribution in [-0.2, 0) is 23.1 Å². The number of rotatable bonds is 10. The first-order chi connectivity index (χ1) is 11.4. The van der Waals surface area contributed by atoms with Gasteiger partial charge in [0.1, 0.15) is 5.75 Å². The Morgan fingerprint density at radius 3 is 2.33 bits per heavy atom. The van der Waals surface area contributed by atoms with Gasteiger partial charge in [-0.25, -0.2) is 9.18 Å². The normalized spacial score (nSPS) is 12.7. The summed E-state index contributed by atoms with van der Waals surface area (Å²) in [6, 6.07) is 3.91. The van der Waals surface area contributed by atoms with E-state index >= 15 is 0 Å². The molecule has 0 radical (unpaired) electrons. The number of benzene rings is 1. The summed E-state index contributed by atoms with van der Waals surface area (Å²) in [6.07, 6.45) is 0. The minimum absolute atomic E-state index is 0.00752. The quantitative estimate of drug-likeness (QED) is 0.356. The second-order valence-corrected chi connectivity index (χ2v) is 6.56. The first-order valence-electron chi connectivity index (χ1n) is 7.30. The van der Waals surface area contributed by atoms with Gasteiger partial charge in [-0.15, -0.1) is 0 Å². The molecule has 1 aromatic carbocycles. The number of carbonyl (C=O) groups excluding carboxylic acids is 1. The van der Waals surface area contributed by atoms with Gasteiger partial charge >= 0.3 is 13.6 Å². The second-order valence-electron chi connectivity index (χ2n) is 4.51. The highest BCUT2D eigenvalue weighted by Crippen LogP contribution is 2.62. The van der Waals surface area contributed by atoms with E-state index in [1.807, 2.05) is 0 Å². The molecule has 0 saturated heterocycles. The molecule has 136 valence electrons. The van der Waals surface area contributed by atoms with Crippen molar-refractivity contribution in [1.29, 1.82) is 0 Å². The first-order valence-corrected chi connectivity index (χ1v) is 8.91. The predicted octanol–water partition coefficient (Wildman–Crippen LogP) is 3.69. The molecule has 1 rings (SSSR count). The number of ether oxygens (including phenoxy) is 3. The molecule has 1 unspecified atom stereocenters. The Kier molecular flexibility index (Phi) is 8.35. The van der Waals surface area contributed by atoms with Gasteiger partial charge in [-0.05, 0) is 26.0 Å². The number of hydrogen-bond donors (Lipinski definition) is 0. The van der Waals surface area contributed by atoms with E-state index in [2.05, 4.69) is 4.74 Å². The molecule has 0 saturated carbocycles. The van der Waals surface area contributed by atoms with Crippen LogP contribution in [0.15, 0.2) is 18.2 Å². The van der Waals surface area contributed by atoms with Crippen LogP contribution >= 0.6 is 7.60 Å². The van der Waals surface area contributed by atoms with E-state index in [0.717, 1.165) is 0 Å². The van der Waals surface area contributed by atoms with Gasteiger partial charge < -0.3 is 23.3 Å². The number of carbonyl (C=O) groups is 1. The van der Waals surface area contributed by atoms with Crippen LogP contribution < -0.4 is 4.74 Å². The lowest BCUT2D eigenvalue weighted by Gasteiger charge is -2.22. The third kappa shape index (κ3) is 5.01. The Morgan fingerprint density at radius 1 is 1.21 bits per heavy atom. The molecule has 0 fully saturated rings. The van der Waals surface area contributed by atoms with Crippen molar-refractivity contribution in [2.75, 3.05) is 34.2 Å². The van der Waals surface area contributed by atoms with Crippen molar-refractivity contribution in [2.24, 2.45) is 0 Å². The number of alkyl halides is 1. The smallest absolute Gasteiger partial charge is 0.369 e. The fraction of sp³-hybridized carbons (Fsp3) is 0.533. The van der Waals surface area contributed by atoms with E-state index in [9.17, 15) is 13.8 Å². The van der Waals surface area contributed by atoms with Crippen LogP contribution in [0.4, 0.5) is 4.39 Å². The zero-order valence-corrected chi connectivity index (χ0v) is 15.0. The number of halogens is 1. The summed E-state index contributed by atoms with van der Waals surface area (Å²) in [6.45, 7) is 3.03. The largest absolute Gasteiger partial charge is 0.467 e. The number of hydrogen-bond acceptors (Lipinski definition) is 7. The molecule has 0 amide bonds. The minimum atomic E-state index is -4.04. The van der Waals surface area contributed by atoms with Gasteiger partial charge in [0.15, 0.2) is 6.79 Å². The minimum Gasteiger partial charge on any atom is -0.467 e. The summed E-state index contributed by atoms with van der Waals surface area (Å²) in [5.74, 6) is -2.69. The summed E-state index contributed by atoms with van der Waals surface area (Å²) in [5.41, 5.74) is 0.0899. The molecule has 0 bridgehead atoms. The second kappa shape index (κ2) is 9.74. The van der Waals surface area contributed by atoms with Gasteiger partial charge in [0.05, 0.1) is 25.9 Å². The lowest BCUT2D eigenvalue weighted by atomic mass is 10.1. The molecule has 0 aromatic heterocycles.